The quantitative estimate of drug-likeness (QED) is 0.488. The molecule has 1 aromatic heterocycles. The maximum Gasteiger partial charge on any atom is 0.262 e. The number of hydrogen-bond donors (Lipinski definition) is 1. The lowest BCUT2D eigenvalue weighted by Crippen LogP contribution is -2.16. The van der Waals surface area contributed by atoms with Gasteiger partial charge in [-0.3, -0.25) is 4.79 Å². The van der Waals surface area contributed by atoms with E-state index in [-0.39, 0.29) is 22.0 Å². The van der Waals surface area contributed by atoms with Crippen molar-refractivity contribution in [1.82, 2.24) is 9.78 Å². The minimum absolute atomic E-state index is 0.111. The third-order valence-electron chi connectivity index (χ3n) is 4.20. The fraction of sp³-hybridized carbons (Fsp3) is 0.150. The standard InChI is InChI=1S/C20H17ClF2N4O2/c1-11-17(19(23)27(2)26-11)20(28)25-18-15(8-14(21)9-16(18)22)13-6-4-12(5-7-13)10-24-29-3/h4-10H,1-3H3,(H,25,28)/b24-10+. The lowest BCUT2D eigenvalue weighted by molar-refractivity contribution is 0.102. The molecule has 0 radical (unpaired) electrons. The highest BCUT2D eigenvalue weighted by Gasteiger charge is 2.23. The molecule has 6 nitrogen and oxygen atoms in total. The van der Waals surface area contributed by atoms with Gasteiger partial charge in [-0.05, 0) is 30.2 Å². The van der Waals surface area contributed by atoms with Crippen LogP contribution in [-0.2, 0) is 11.9 Å². The molecule has 0 aliphatic carbocycles. The molecule has 0 unspecified atom stereocenters. The van der Waals surface area contributed by atoms with E-state index in [0.717, 1.165) is 16.3 Å². The first-order chi connectivity index (χ1) is 13.8. The smallest absolute Gasteiger partial charge is 0.262 e. The Labute approximate surface area is 170 Å². The molecule has 0 atom stereocenters. The van der Waals surface area contributed by atoms with Gasteiger partial charge in [0.1, 0.15) is 18.5 Å². The molecule has 1 N–H and O–H groups in total. The van der Waals surface area contributed by atoms with Gasteiger partial charge in [-0.25, -0.2) is 9.07 Å². The summed E-state index contributed by atoms with van der Waals surface area (Å²) in [6.07, 6.45) is 1.51. The van der Waals surface area contributed by atoms with Crippen molar-refractivity contribution in [2.45, 2.75) is 6.92 Å². The van der Waals surface area contributed by atoms with Gasteiger partial charge in [0.05, 0.1) is 17.6 Å². The van der Waals surface area contributed by atoms with E-state index >= 15 is 0 Å². The molecule has 3 aromatic rings. The average Bonchev–Trinajstić information content (AvgIpc) is 2.94. The number of carbonyl (C=O) groups excluding carboxylic acids is 1. The monoisotopic (exact) mass is 418 g/mol. The zero-order valence-corrected chi connectivity index (χ0v) is 16.6. The van der Waals surface area contributed by atoms with Crippen LogP contribution < -0.4 is 5.32 Å². The predicted molar refractivity (Wildman–Crippen MR) is 107 cm³/mol. The van der Waals surface area contributed by atoms with Crippen molar-refractivity contribution in [3.8, 4) is 11.1 Å². The number of benzene rings is 2. The summed E-state index contributed by atoms with van der Waals surface area (Å²) in [5.74, 6) is -2.36. The first-order valence-electron chi connectivity index (χ1n) is 8.48. The summed E-state index contributed by atoms with van der Waals surface area (Å²) in [6.45, 7) is 1.50. The number of nitrogens with one attached hydrogen (secondary N) is 1. The number of oxime groups is 1. The molecular formula is C20H17ClF2N4O2. The van der Waals surface area contributed by atoms with Gasteiger partial charge in [0.25, 0.3) is 5.91 Å². The number of aryl methyl sites for hydroxylation is 2. The topological polar surface area (TPSA) is 68.5 Å². The molecule has 0 saturated carbocycles. The Morgan fingerprint density at radius 3 is 2.55 bits per heavy atom. The van der Waals surface area contributed by atoms with Crippen LogP contribution in [0.2, 0.25) is 5.02 Å². The van der Waals surface area contributed by atoms with Crippen molar-refractivity contribution >= 4 is 29.4 Å². The molecule has 1 heterocycles. The highest BCUT2D eigenvalue weighted by molar-refractivity contribution is 6.31. The summed E-state index contributed by atoms with van der Waals surface area (Å²) in [4.78, 5) is 17.3. The van der Waals surface area contributed by atoms with Gasteiger partial charge >= 0.3 is 0 Å². The molecule has 150 valence electrons. The predicted octanol–water partition coefficient (Wildman–Crippen LogP) is 4.56. The van der Waals surface area contributed by atoms with E-state index in [0.29, 0.717) is 11.1 Å². The molecule has 0 spiro atoms. The van der Waals surface area contributed by atoms with Crippen LogP contribution in [0.15, 0.2) is 41.6 Å². The van der Waals surface area contributed by atoms with E-state index in [1.54, 1.807) is 24.3 Å². The van der Waals surface area contributed by atoms with Crippen LogP contribution in [-0.4, -0.2) is 29.0 Å². The van der Waals surface area contributed by atoms with Crippen molar-refractivity contribution < 1.29 is 18.4 Å². The van der Waals surface area contributed by atoms with Crippen LogP contribution in [0, 0.1) is 18.7 Å². The van der Waals surface area contributed by atoms with Crippen LogP contribution in [0.1, 0.15) is 21.6 Å². The molecule has 29 heavy (non-hydrogen) atoms. The summed E-state index contributed by atoms with van der Waals surface area (Å²) in [6, 6.07) is 9.51. The van der Waals surface area contributed by atoms with Crippen LogP contribution in [0.3, 0.4) is 0 Å². The SMILES string of the molecule is CO/N=C/c1ccc(-c2cc(Cl)cc(F)c2NC(=O)c2c(C)nn(C)c2F)cc1. The number of carbonyl (C=O) groups is 1. The second-order valence-electron chi connectivity index (χ2n) is 6.18. The molecule has 0 aliphatic rings. The van der Waals surface area contributed by atoms with Gasteiger partial charge in [-0.15, -0.1) is 0 Å². The molecule has 1 amide bonds. The van der Waals surface area contributed by atoms with Gasteiger partial charge in [0, 0.05) is 17.6 Å². The molecule has 0 bridgehead atoms. The van der Waals surface area contributed by atoms with Crippen molar-refractivity contribution in [2.75, 3.05) is 12.4 Å². The summed E-state index contributed by atoms with van der Waals surface area (Å²) in [5, 5.41) is 10.2. The van der Waals surface area contributed by atoms with Gasteiger partial charge in [-0.1, -0.05) is 41.0 Å². The highest BCUT2D eigenvalue weighted by Crippen LogP contribution is 2.34. The number of halogens is 3. The summed E-state index contributed by atoms with van der Waals surface area (Å²) in [7, 11) is 2.81. The molecule has 0 saturated heterocycles. The van der Waals surface area contributed by atoms with E-state index in [9.17, 15) is 13.6 Å². The second kappa shape index (κ2) is 8.40. The molecule has 9 heteroatoms. The first-order valence-corrected chi connectivity index (χ1v) is 8.86. The van der Waals surface area contributed by atoms with Gasteiger partial charge in [0.15, 0.2) is 0 Å². The number of nitrogens with zero attached hydrogens (tertiary/aromatic N) is 3. The van der Waals surface area contributed by atoms with E-state index in [4.69, 9.17) is 11.6 Å². The summed E-state index contributed by atoms with van der Waals surface area (Å²) >= 11 is 6.02. The molecular weight excluding hydrogens is 402 g/mol. The number of anilines is 1. The maximum atomic E-state index is 14.7. The zero-order valence-electron chi connectivity index (χ0n) is 15.8. The van der Waals surface area contributed by atoms with Crippen molar-refractivity contribution in [3.05, 3.63) is 70.0 Å². The number of hydrogen-bond acceptors (Lipinski definition) is 4. The minimum atomic E-state index is -0.808. The van der Waals surface area contributed by atoms with Gasteiger partial charge < -0.3 is 10.2 Å². The average molecular weight is 419 g/mol. The lowest BCUT2D eigenvalue weighted by atomic mass is 10.0. The fourth-order valence-corrected chi connectivity index (χ4v) is 3.06. The number of aromatic nitrogens is 2. The van der Waals surface area contributed by atoms with Crippen LogP contribution >= 0.6 is 11.6 Å². The van der Waals surface area contributed by atoms with Gasteiger partial charge in [-0.2, -0.15) is 9.49 Å². The Bertz CT molecular complexity index is 1090. The largest absolute Gasteiger partial charge is 0.399 e. The van der Waals surface area contributed by atoms with Crippen LogP contribution in [0.4, 0.5) is 14.5 Å². The van der Waals surface area contributed by atoms with Crippen LogP contribution in [0.25, 0.3) is 11.1 Å². The lowest BCUT2D eigenvalue weighted by Gasteiger charge is -2.13. The second-order valence-corrected chi connectivity index (χ2v) is 6.61. The molecule has 0 aliphatic heterocycles. The van der Waals surface area contributed by atoms with Gasteiger partial charge in [0.2, 0.25) is 5.95 Å². The Morgan fingerprint density at radius 1 is 1.28 bits per heavy atom. The van der Waals surface area contributed by atoms with E-state index in [1.165, 1.54) is 33.4 Å². The van der Waals surface area contributed by atoms with E-state index < -0.39 is 17.7 Å². The van der Waals surface area contributed by atoms with Crippen molar-refractivity contribution in [2.24, 2.45) is 12.2 Å². The highest BCUT2D eigenvalue weighted by atomic mass is 35.5. The number of rotatable bonds is 5. The zero-order chi connectivity index (χ0) is 21.1. The summed E-state index contributed by atoms with van der Waals surface area (Å²) < 4.78 is 29.8. The maximum absolute atomic E-state index is 14.7. The normalized spacial score (nSPS) is 11.1. The van der Waals surface area contributed by atoms with Crippen molar-refractivity contribution in [1.29, 1.82) is 0 Å². The molecule has 2 aromatic carbocycles. The van der Waals surface area contributed by atoms with Crippen molar-refractivity contribution in [3.63, 3.8) is 0 Å². The number of amides is 1. The molecule has 3 rings (SSSR count). The Morgan fingerprint density at radius 2 is 1.97 bits per heavy atom. The minimum Gasteiger partial charge on any atom is -0.399 e. The Hall–Kier alpha value is -3.26. The summed E-state index contributed by atoms with van der Waals surface area (Å²) in [5.41, 5.74) is 1.54. The first kappa shape index (κ1) is 20.5. The molecule has 0 fully saturated rings. The van der Waals surface area contributed by atoms with Crippen LogP contribution in [0.5, 0.6) is 0 Å². The third kappa shape index (κ3) is 4.27. The Kier molecular flexibility index (Phi) is 5.93. The van der Waals surface area contributed by atoms with E-state index in [2.05, 4.69) is 20.4 Å². The van der Waals surface area contributed by atoms with E-state index in [1.807, 2.05) is 0 Å². The fourth-order valence-electron chi connectivity index (χ4n) is 2.85. The Balaban J connectivity index is 2.01. The third-order valence-corrected chi connectivity index (χ3v) is 4.42.